The van der Waals surface area contributed by atoms with Gasteiger partial charge in [0.15, 0.2) is 5.76 Å². The predicted molar refractivity (Wildman–Crippen MR) is 101 cm³/mol. The largest absolute Gasteiger partial charge is 0.450 e. The molecule has 0 saturated carbocycles. The van der Waals surface area contributed by atoms with Crippen LogP contribution in [0.5, 0.6) is 0 Å². The Labute approximate surface area is 147 Å². The van der Waals surface area contributed by atoms with Gasteiger partial charge in [0.25, 0.3) is 5.91 Å². The topological polar surface area (TPSA) is 33.5 Å². The lowest BCUT2D eigenvalue weighted by molar-refractivity contribution is 0.0742. The van der Waals surface area contributed by atoms with Crippen LogP contribution in [0, 0.1) is 13.8 Å². The quantitative estimate of drug-likeness (QED) is 0.663. The number of para-hydroxylation sites is 1. The molecule has 0 saturated heterocycles. The van der Waals surface area contributed by atoms with Gasteiger partial charge in [-0.25, -0.2) is 0 Å². The minimum absolute atomic E-state index is 0.0172. The molecule has 1 aliphatic rings. The fraction of sp³-hybridized carbons (Fsp3) is 0.227. The van der Waals surface area contributed by atoms with E-state index in [9.17, 15) is 4.79 Å². The van der Waals surface area contributed by atoms with Gasteiger partial charge in [-0.2, -0.15) is 0 Å². The van der Waals surface area contributed by atoms with Gasteiger partial charge in [0, 0.05) is 24.0 Å². The van der Waals surface area contributed by atoms with Crippen molar-refractivity contribution in [1.82, 2.24) is 4.90 Å². The number of aryl methyl sites for hydroxylation is 2. The zero-order chi connectivity index (χ0) is 17.4. The number of carbonyl (C=O) groups is 1. The highest BCUT2D eigenvalue weighted by molar-refractivity contribution is 5.99. The Morgan fingerprint density at radius 1 is 1.04 bits per heavy atom. The highest BCUT2D eigenvalue weighted by Crippen LogP contribution is 2.30. The molecular formula is C22H21NO2. The SMILES string of the molecule is Cc1c(C(=O)N2CC=C(c3ccccc3)CC2)oc2c(C)cccc12. The molecule has 0 fully saturated rings. The van der Waals surface area contributed by atoms with Gasteiger partial charge in [-0.1, -0.05) is 54.6 Å². The summed E-state index contributed by atoms with van der Waals surface area (Å²) < 4.78 is 5.94. The average molecular weight is 331 g/mol. The Morgan fingerprint density at radius 3 is 2.52 bits per heavy atom. The summed E-state index contributed by atoms with van der Waals surface area (Å²) >= 11 is 0. The lowest BCUT2D eigenvalue weighted by Crippen LogP contribution is -2.34. The first kappa shape index (κ1) is 15.7. The van der Waals surface area contributed by atoms with Crippen molar-refractivity contribution in [2.45, 2.75) is 20.3 Å². The van der Waals surface area contributed by atoms with Crippen LogP contribution in [0.15, 0.2) is 59.0 Å². The highest BCUT2D eigenvalue weighted by atomic mass is 16.3. The fourth-order valence-electron chi connectivity index (χ4n) is 3.50. The summed E-state index contributed by atoms with van der Waals surface area (Å²) in [5, 5.41) is 1.03. The number of furan rings is 1. The second-order valence-electron chi connectivity index (χ2n) is 6.60. The van der Waals surface area contributed by atoms with E-state index in [4.69, 9.17) is 4.42 Å². The fourth-order valence-corrected chi connectivity index (χ4v) is 3.50. The minimum Gasteiger partial charge on any atom is -0.450 e. The van der Waals surface area contributed by atoms with E-state index in [-0.39, 0.29) is 5.91 Å². The van der Waals surface area contributed by atoms with Crippen LogP contribution in [0.25, 0.3) is 16.5 Å². The molecular weight excluding hydrogens is 310 g/mol. The summed E-state index contributed by atoms with van der Waals surface area (Å²) in [7, 11) is 0. The molecule has 1 aromatic heterocycles. The normalized spacial score (nSPS) is 14.6. The van der Waals surface area contributed by atoms with Crippen molar-refractivity contribution >= 4 is 22.4 Å². The molecule has 25 heavy (non-hydrogen) atoms. The number of hydrogen-bond acceptors (Lipinski definition) is 2. The van der Waals surface area contributed by atoms with Crippen molar-refractivity contribution < 1.29 is 9.21 Å². The molecule has 0 radical (unpaired) electrons. The summed E-state index contributed by atoms with van der Waals surface area (Å²) in [6.07, 6.45) is 3.02. The first-order chi connectivity index (χ1) is 12.1. The highest BCUT2D eigenvalue weighted by Gasteiger charge is 2.25. The second-order valence-corrected chi connectivity index (χ2v) is 6.60. The van der Waals surface area contributed by atoms with Crippen LogP contribution in [0.3, 0.4) is 0 Å². The number of benzene rings is 2. The van der Waals surface area contributed by atoms with Crippen LogP contribution in [0.2, 0.25) is 0 Å². The first-order valence-corrected chi connectivity index (χ1v) is 8.67. The molecule has 0 N–H and O–H groups in total. The monoisotopic (exact) mass is 331 g/mol. The van der Waals surface area contributed by atoms with Gasteiger partial charge in [-0.3, -0.25) is 4.79 Å². The van der Waals surface area contributed by atoms with Crippen molar-refractivity contribution in [3.05, 3.63) is 77.1 Å². The van der Waals surface area contributed by atoms with E-state index in [0.717, 1.165) is 35.1 Å². The molecule has 0 spiro atoms. The summed E-state index contributed by atoms with van der Waals surface area (Å²) in [4.78, 5) is 14.8. The van der Waals surface area contributed by atoms with E-state index in [1.807, 2.05) is 55.1 Å². The van der Waals surface area contributed by atoms with Crippen LogP contribution in [0.4, 0.5) is 0 Å². The molecule has 1 amide bonds. The van der Waals surface area contributed by atoms with Crippen molar-refractivity contribution in [2.75, 3.05) is 13.1 Å². The number of hydrogen-bond donors (Lipinski definition) is 0. The van der Waals surface area contributed by atoms with Crippen molar-refractivity contribution in [1.29, 1.82) is 0 Å². The maximum absolute atomic E-state index is 12.9. The second kappa shape index (κ2) is 6.25. The molecule has 3 aromatic rings. The standard InChI is InChI=1S/C22H21NO2/c1-15-7-6-10-19-16(2)21(25-20(15)19)22(24)23-13-11-18(12-14-23)17-8-4-3-5-9-17/h3-11H,12-14H2,1-2H3. The predicted octanol–water partition coefficient (Wildman–Crippen LogP) is 4.98. The molecule has 2 heterocycles. The summed E-state index contributed by atoms with van der Waals surface area (Å²) in [6.45, 7) is 5.32. The first-order valence-electron chi connectivity index (χ1n) is 8.67. The summed E-state index contributed by atoms with van der Waals surface area (Å²) in [6, 6.07) is 16.4. The van der Waals surface area contributed by atoms with E-state index in [0.29, 0.717) is 12.3 Å². The molecule has 126 valence electrons. The van der Waals surface area contributed by atoms with E-state index in [1.54, 1.807) is 0 Å². The van der Waals surface area contributed by atoms with Gasteiger partial charge in [0.2, 0.25) is 0 Å². The van der Waals surface area contributed by atoms with Crippen LogP contribution < -0.4 is 0 Å². The summed E-state index contributed by atoms with van der Waals surface area (Å²) in [5.41, 5.74) is 5.36. The zero-order valence-electron chi connectivity index (χ0n) is 14.6. The molecule has 4 rings (SSSR count). The van der Waals surface area contributed by atoms with Crippen LogP contribution in [-0.4, -0.2) is 23.9 Å². The van der Waals surface area contributed by atoms with Gasteiger partial charge in [0.1, 0.15) is 5.58 Å². The Bertz CT molecular complexity index is 966. The van der Waals surface area contributed by atoms with Gasteiger partial charge < -0.3 is 9.32 Å². The number of nitrogens with zero attached hydrogens (tertiary/aromatic N) is 1. The van der Waals surface area contributed by atoms with Gasteiger partial charge >= 0.3 is 0 Å². The third kappa shape index (κ3) is 2.76. The van der Waals surface area contributed by atoms with E-state index < -0.39 is 0 Å². The van der Waals surface area contributed by atoms with Crippen LogP contribution >= 0.6 is 0 Å². The smallest absolute Gasteiger partial charge is 0.290 e. The molecule has 0 unspecified atom stereocenters. The maximum Gasteiger partial charge on any atom is 0.290 e. The molecule has 3 heteroatoms. The number of amides is 1. The third-order valence-corrected chi connectivity index (χ3v) is 5.00. The number of carbonyl (C=O) groups excluding carboxylic acids is 1. The van der Waals surface area contributed by atoms with Gasteiger partial charge in [-0.05, 0) is 37.0 Å². The van der Waals surface area contributed by atoms with E-state index in [2.05, 4.69) is 18.2 Å². The third-order valence-electron chi connectivity index (χ3n) is 5.00. The Morgan fingerprint density at radius 2 is 1.84 bits per heavy atom. The maximum atomic E-state index is 12.9. The molecule has 0 atom stereocenters. The zero-order valence-corrected chi connectivity index (χ0v) is 14.6. The van der Waals surface area contributed by atoms with Gasteiger partial charge in [0.05, 0.1) is 0 Å². The Kier molecular flexibility index (Phi) is 3.92. The van der Waals surface area contributed by atoms with Gasteiger partial charge in [-0.15, -0.1) is 0 Å². The molecule has 0 bridgehead atoms. The van der Waals surface area contributed by atoms with Crippen molar-refractivity contribution in [3.8, 4) is 0 Å². The minimum atomic E-state index is -0.0172. The average Bonchev–Trinajstić information content (AvgIpc) is 3.00. The molecule has 2 aromatic carbocycles. The van der Waals surface area contributed by atoms with Crippen LogP contribution in [-0.2, 0) is 0 Å². The molecule has 3 nitrogen and oxygen atoms in total. The number of fused-ring (bicyclic) bond motifs is 1. The lowest BCUT2D eigenvalue weighted by atomic mass is 9.99. The number of rotatable bonds is 2. The van der Waals surface area contributed by atoms with Crippen molar-refractivity contribution in [2.24, 2.45) is 0 Å². The van der Waals surface area contributed by atoms with Crippen molar-refractivity contribution in [3.63, 3.8) is 0 Å². The van der Waals surface area contributed by atoms with Crippen LogP contribution in [0.1, 0.15) is 33.7 Å². The molecule has 0 aliphatic carbocycles. The molecule has 1 aliphatic heterocycles. The lowest BCUT2D eigenvalue weighted by Gasteiger charge is -2.26. The Hall–Kier alpha value is -2.81. The van der Waals surface area contributed by atoms with E-state index in [1.165, 1.54) is 11.1 Å². The van der Waals surface area contributed by atoms with E-state index >= 15 is 0 Å². The Balaban J connectivity index is 1.60. The summed E-state index contributed by atoms with van der Waals surface area (Å²) in [5.74, 6) is 0.456.